The zero-order valence-electron chi connectivity index (χ0n) is 8.59. The Morgan fingerprint density at radius 1 is 0.812 bits per heavy atom. The fraction of sp³-hybridized carbons (Fsp3) is 0. The summed E-state index contributed by atoms with van der Waals surface area (Å²) in [6, 6.07) is 22.0. The van der Waals surface area contributed by atoms with Gasteiger partial charge < -0.3 is 0 Å². The summed E-state index contributed by atoms with van der Waals surface area (Å²) < 4.78 is 4.67. The van der Waals surface area contributed by atoms with Gasteiger partial charge in [-0.3, -0.25) is 0 Å². The molecule has 78 valence electrons. The van der Waals surface area contributed by atoms with Gasteiger partial charge in [0.1, 0.15) is 0 Å². The van der Waals surface area contributed by atoms with Crippen molar-refractivity contribution >= 4 is 46.9 Å². The van der Waals surface area contributed by atoms with Crippen molar-refractivity contribution in [1.29, 1.82) is 0 Å². The molecule has 0 amide bonds. The van der Waals surface area contributed by atoms with Gasteiger partial charge in [-0.25, -0.2) is 0 Å². The molecule has 1 aromatic heterocycles. The van der Waals surface area contributed by atoms with Crippen molar-refractivity contribution in [3.63, 3.8) is 0 Å². The fourth-order valence-corrected chi connectivity index (χ4v) is 7.34. The molecule has 0 aliphatic rings. The Bertz CT molecular complexity index is 563. The molecule has 2 heteroatoms. The molecule has 0 N–H and O–H groups in total. The van der Waals surface area contributed by atoms with Gasteiger partial charge in [0.25, 0.3) is 0 Å². The summed E-state index contributed by atoms with van der Waals surface area (Å²) >= 11 is 1.08. The van der Waals surface area contributed by atoms with Crippen molar-refractivity contribution in [2.45, 2.75) is 0 Å². The summed E-state index contributed by atoms with van der Waals surface area (Å²) in [4.78, 5) is 0. The van der Waals surface area contributed by atoms with E-state index in [1.54, 1.807) is 7.60 Å². The minimum atomic E-state index is 0.514. The van der Waals surface area contributed by atoms with Crippen LogP contribution in [0, 0.1) is 0 Å². The summed E-state index contributed by atoms with van der Waals surface area (Å²) in [5.74, 6) is 0. The SMILES string of the molecule is c1ccc([Se]c2cc3ccccc3[se]2)cc1. The Labute approximate surface area is 107 Å². The first-order valence-corrected chi connectivity index (χ1v) is 8.56. The van der Waals surface area contributed by atoms with Crippen molar-refractivity contribution in [1.82, 2.24) is 0 Å². The van der Waals surface area contributed by atoms with Gasteiger partial charge in [-0.2, -0.15) is 0 Å². The van der Waals surface area contributed by atoms with Crippen LogP contribution in [0.1, 0.15) is 0 Å². The third-order valence-corrected chi connectivity index (χ3v) is 7.83. The quantitative estimate of drug-likeness (QED) is 0.623. The van der Waals surface area contributed by atoms with E-state index >= 15 is 0 Å². The first-order valence-electron chi connectivity index (χ1n) is 5.13. The Hall–Kier alpha value is -0.781. The number of hydrogen-bond donors (Lipinski definition) is 0. The van der Waals surface area contributed by atoms with Crippen molar-refractivity contribution in [2.75, 3.05) is 0 Å². The molecule has 2 aromatic carbocycles. The predicted octanol–water partition coefficient (Wildman–Crippen LogP) is 1.55. The molecule has 0 aliphatic heterocycles. The van der Waals surface area contributed by atoms with E-state index in [9.17, 15) is 0 Å². The second-order valence-electron chi connectivity index (χ2n) is 3.52. The normalized spacial score (nSPS) is 10.8. The van der Waals surface area contributed by atoms with Gasteiger partial charge in [-0.1, -0.05) is 0 Å². The van der Waals surface area contributed by atoms with Gasteiger partial charge in [-0.15, -0.1) is 0 Å². The molecule has 0 nitrogen and oxygen atoms in total. The van der Waals surface area contributed by atoms with Crippen LogP contribution in [-0.2, 0) is 0 Å². The number of rotatable bonds is 2. The summed E-state index contributed by atoms with van der Waals surface area (Å²) in [5.41, 5.74) is 0. The number of benzene rings is 2. The van der Waals surface area contributed by atoms with Crippen molar-refractivity contribution < 1.29 is 0 Å². The second-order valence-corrected chi connectivity index (χ2v) is 9.44. The van der Waals surface area contributed by atoms with Crippen molar-refractivity contribution in [2.24, 2.45) is 0 Å². The van der Waals surface area contributed by atoms with E-state index in [2.05, 4.69) is 60.7 Å². The molecule has 0 atom stereocenters. The maximum absolute atomic E-state index is 2.39. The molecular weight excluding hydrogens is 326 g/mol. The zero-order chi connectivity index (χ0) is 10.8. The topological polar surface area (TPSA) is 0 Å². The van der Waals surface area contributed by atoms with E-state index in [0.717, 1.165) is 0 Å². The van der Waals surface area contributed by atoms with Gasteiger partial charge in [0.2, 0.25) is 0 Å². The van der Waals surface area contributed by atoms with Crippen LogP contribution in [0.4, 0.5) is 0 Å². The van der Waals surface area contributed by atoms with Gasteiger partial charge in [-0.05, 0) is 0 Å². The molecule has 0 saturated carbocycles. The Morgan fingerprint density at radius 2 is 1.56 bits per heavy atom. The Morgan fingerprint density at radius 3 is 2.38 bits per heavy atom. The van der Waals surface area contributed by atoms with Gasteiger partial charge in [0.05, 0.1) is 0 Å². The standard InChI is InChI=1S/C14H10Se2/c1-2-7-12(8-3-1)15-14-10-11-6-4-5-9-13(11)16-14/h1-10H. The minimum absolute atomic E-state index is 0.514. The van der Waals surface area contributed by atoms with Gasteiger partial charge >= 0.3 is 108 Å². The van der Waals surface area contributed by atoms with Gasteiger partial charge in [0, 0.05) is 0 Å². The van der Waals surface area contributed by atoms with Crippen molar-refractivity contribution in [3.05, 3.63) is 60.7 Å². The molecule has 16 heavy (non-hydrogen) atoms. The molecular formula is C14H10Se2. The number of fused-ring (bicyclic) bond motifs is 1. The van der Waals surface area contributed by atoms with E-state index < -0.39 is 0 Å². The van der Waals surface area contributed by atoms with Crippen LogP contribution < -0.4 is 7.80 Å². The molecule has 0 bridgehead atoms. The molecule has 0 fully saturated rings. The van der Waals surface area contributed by atoms with E-state index in [1.807, 2.05) is 0 Å². The maximum atomic E-state index is 2.39. The third-order valence-electron chi connectivity index (χ3n) is 2.36. The first-order chi connectivity index (χ1) is 7.92. The van der Waals surface area contributed by atoms with E-state index in [1.165, 1.54) is 9.85 Å². The molecule has 0 unspecified atom stereocenters. The average molecular weight is 336 g/mol. The van der Waals surface area contributed by atoms with E-state index in [0.29, 0.717) is 29.5 Å². The molecule has 3 rings (SSSR count). The molecule has 0 saturated heterocycles. The van der Waals surface area contributed by atoms with Crippen LogP contribution in [0.3, 0.4) is 0 Å². The van der Waals surface area contributed by atoms with Crippen LogP contribution in [0.25, 0.3) is 9.65 Å². The van der Waals surface area contributed by atoms with Gasteiger partial charge in [0.15, 0.2) is 0 Å². The average Bonchev–Trinajstić information content (AvgIpc) is 2.72. The van der Waals surface area contributed by atoms with Crippen LogP contribution in [-0.4, -0.2) is 29.5 Å². The molecule has 3 aromatic rings. The third kappa shape index (κ3) is 2.16. The molecule has 1 heterocycles. The zero-order valence-corrected chi connectivity index (χ0v) is 12.0. The van der Waals surface area contributed by atoms with E-state index in [4.69, 9.17) is 0 Å². The summed E-state index contributed by atoms with van der Waals surface area (Å²) in [6.07, 6.45) is 0. The second kappa shape index (κ2) is 4.61. The summed E-state index contributed by atoms with van der Waals surface area (Å²) in [5, 5.41) is 1.44. The first kappa shape index (κ1) is 10.4. The number of hydrogen-bond acceptors (Lipinski definition) is 0. The Kier molecular flexibility index (Phi) is 2.99. The van der Waals surface area contributed by atoms with Crippen LogP contribution in [0.5, 0.6) is 0 Å². The monoisotopic (exact) mass is 338 g/mol. The van der Waals surface area contributed by atoms with Crippen LogP contribution in [0.2, 0.25) is 0 Å². The predicted molar refractivity (Wildman–Crippen MR) is 72.4 cm³/mol. The molecule has 0 spiro atoms. The van der Waals surface area contributed by atoms with Crippen LogP contribution >= 0.6 is 0 Å². The summed E-state index contributed by atoms with van der Waals surface area (Å²) in [6.45, 7) is 0. The van der Waals surface area contributed by atoms with Crippen LogP contribution in [0.15, 0.2) is 60.7 Å². The summed E-state index contributed by atoms with van der Waals surface area (Å²) in [7, 11) is 0. The van der Waals surface area contributed by atoms with Crippen molar-refractivity contribution in [3.8, 4) is 0 Å². The van der Waals surface area contributed by atoms with E-state index in [-0.39, 0.29) is 0 Å². The molecule has 0 radical (unpaired) electrons. The Balaban J connectivity index is 1.95. The fourth-order valence-electron chi connectivity index (χ4n) is 1.61. The molecule has 0 aliphatic carbocycles.